The molecule has 12 heteroatoms. The third-order valence-corrected chi connectivity index (χ3v) is 10.8. The minimum atomic E-state index is -0.160. The summed E-state index contributed by atoms with van der Waals surface area (Å²) in [7, 11) is 3.05. The zero-order valence-corrected chi connectivity index (χ0v) is 32.1. The molecule has 56 heavy (non-hydrogen) atoms. The van der Waals surface area contributed by atoms with Gasteiger partial charge in [0, 0.05) is 42.5 Å². The first kappa shape index (κ1) is 36.8. The third-order valence-electron chi connectivity index (χ3n) is 10.5. The molecule has 0 saturated carbocycles. The van der Waals surface area contributed by atoms with Crippen LogP contribution in [0.2, 0.25) is 5.02 Å². The Morgan fingerprint density at radius 3 is 2.09 bits per heavy atom. The van der Waals surface area contributed by atoms with E-state index in [1.807, 2.05) is 47.2 Å². The van der Waals surface area contributed by atoms with Crippen LogP contribution in [0.15, 0.2) is 94.9 Å². The van der Waals surface area contributed by atoms with E-state index in [1.54, 1.807) is 36.4 Å². The van der Waals surface area contributed by atoms with Crippen LogP contribution in [0.25, 0.3) is 0 Å². The minimum absolute atomic E-state index is 0.00114. The SMILES string of the molecule is C=Nc1cc(OCc2cc(Cl)cc(COc3cc4c(cc3OC)C(=O)N3Cc5ccccc5C[C@H]3C=N4)n2)c(OC)cc1C(=O)N1Cc2ccccc2C[C@H]1C. The van der Waals surface area contributed by atoms with Gasteiger partial charge in [-0.3, -0.25) is 24.6 Å². The fourth-order valence-electron chi connectivity index (χ4n) is 7.61. The fourth-order valence-corrected chi connectivity index (χ4v) is 7.86. The van der Waals surface area contributed by atoms with E-state index >= 15 is 0 Å². The number of halogens is 1. The van der Waals surface area contributed by atoms with Crippen molar-refractivity contribution in [2.45, 2.75) is 58.2 Å². The number of carbonyl (C=O) groups excluding carboxylic acids is 2. The van der Waals surface area contributed by atoms with Gasteiger partial charge in [-0.25, -0.2) is 0 Å². The molecular formula is C44H40ClN5O6. The minimum Gasteiger partial charge on any atom is -0.493 e. The second-order valence-corrected chi connectivity index (χ2v) is 14.5. The number of ether oxygens (including phenoxy) is 4. The van der Waals surface area contributed by atoms with Crippen LogP contribution in [-0.2, 0) is 39.1 Å². The summed E-state index contributed by atoms with van der Waals surface area (Å²) in [4.78, 5) is 45.0. The number of hydrogen-bond acceptors (Lipinski definition) is 9. The quantitative estimate of drug-likeness (QED) is 0.132. The molecule has 284 valence electrons. The first-order valence-electron chi connectivity index (χ1n) is 18.3. The number of pyridine rings is 1. The van der Waals surface area contributed by atoms with E-state index < -0.39 is 0 Å². The van der Waals surface area contributed by atoms with Crippen molar-refractivity contribution in [3.8, 4) is 23.0 Å². The van der Waals surface area contributed by atoms with Crippen LogP contribution in [-0.4, -0.2) is 65.8 Å². The van der Waals surface area contributed by atoms with Gasteiger partial charge in [-0.2, -0.15) is 0 Å². The van der Waals surface area contributed by atoms with Crippen LogP contribution < -0.4 is 18.9 Å². The molecule has 1 aromatic heterocycles. The van der Waals surface area contributed by atoms with Crippen molar-refractivity contribution >= 4 is 47.7 Å². The Kier molecular flexibility index (Phi) is 10.2. The van der Waals surface area contributed by atoms with E-state index in [9.17, 15) is 9.59 Å². The topological polar surface area (TPSA) is 115 Å². The van der Waals surface area contributed by atoms with E-state index in [4.69, 9.17) is 40.5 Å². The Morgan fingerprint density at radius 1 is 0.821 bits per heavy atom. The summed E-state index contributed by atoms with van der Waals surface area (Å²) in [6.07, 6.45) is 3.30. The molecule has 0 radical (unpaired) electrons. The molecule has 8 rings (SSSR count). The summed E-state index contributed by atoms with van der Waals surface area (Å²) in [5.74, 6) is 1.27. The lowest BCUT2D eigenvalue weighted by molar-refractivity contribution is 0.0657. The standard InChI is InChI=1S/C44H40ClN5O6/c1-26-13-27-9-5-7-11-29(27)22-49(26)43(51)35-17-39(53-3)41(19-37(35)46-2)55-24-32-15-31(45)16-33(48-32)25-56-42-20-38-36(18-40(42)54-4)44(52)50-23-30-12-8-6-10-28(30)14-34(50)21-47-38/h5-12,15-21,26,34H,2,13-14,22-25H2,1,3-4H3/t26-,34+/m1/s1. The number of aliphatic imine (C=N–C) groups is 2. The summed E-state index contributed by atoms with van der Waals surface area (Å²) in [5, 5.41) is 0.442. The summed E-state index contributed by atoms with van der Waals surface area (Å²) in [6.45, 7) is 6.87. The van der Waals surface area contributed by atoms with Gasteiger partial charge in [-0.15, -0.1) is 0 Å². The summed E-state index contributed by atoms with van der Waals surface area (Å²) in [6, 6.07) is 26.3. The average Bonchev–Trinajstić information content (AvgIpc) is 3.34. The van der Waals surface area contributed by atoms with Crippen molar-refractivity contribution in [2.24, 2.45) is 9.98 Å². The van der Waals surface area contributed by atoms with Gasteiger partial charge in [0.15, 0.2) is 23.0 Å². The van der Waals surface area contributed by atoms with Crippen molar-refractivity contribution in [2.75, 3.05) is 14.2 Å². The van der Waals surface area contributed by atoms with E-state index in [-0.39, 0.29) is 37.1 Å². The van der Waals surface area contributed by atoms with Crippen molar-refractivity contribution < 1.29 is 28.5 Å². The number of aromatic nitrogens is 1. The predicted molar refractivity (Wildman–Crippen MR) is 215 cm³/mol. The molecule has 0 fully saturated rings. The molecule has 5 aromatic rings. The van der Waals surface area contributed by atoms with Crippen LogP contribution in [0.3, 0.4) is 0 Å². The first-order chi connectivity index (χ1) is 27.2. The normalized spacial score (nSPS) is 16.8. The number of carbonyl (C=O) groups is 2. The van der Waals surface area contributed by atoms with E-state index in [0.717, 1.165) is 17.5 Å². The predicted octanol–water partition coefficient (Wildman–Crippen LogP) is 8.11. The third kappa shape index (κ3) is 7.17. The molecule has 0 bridgehead atoms. The van der Waals surface area contributed by atoms with Gasteiger partial charge in [-0.1, -0.05) is 60.1 Å². The van der Waals surface area contributed by atoms with Gasteiger partial charge in [-0.05, 0) is 73.0 Å². The molecule has 0 N–H and O–H groups in total. The number of hydrogen-bond donors (Lipinski definition) is 0. The summed E-state index contributed by atoms with van der Waals surface area (Å²) in [5.41, 5.74) is 7.52. The number of nitrogens with zero attached hydrogens (tertiary/aromatic N) is 5. The Hall–Kier alpha value is -6.20. The van der Waals surface area contributed by atoms with Gasteiger partial charge >= 0.3 is 0 Å². The maximum Gasteiger partial charge on any atom is 0.257 e. The monoisotopic (exact) mass is 769 g/mol. The largest absolute Gasteiger partial charge is 0.493 e. The van der Waals surface area contributed by atoms with E-state index in [1.165, 1.54) is 25.3 Å². The number of fused-ring (bicyclic) bond motifs is 4. The summed E-state index contributed by atoms with van der Waals surface area (Å²) < 4.78 is 23.8. The number of methoxy groups -OCH3 is 2. The number of rotatable bonds is 10. The smallest absolute Gasteiger partial charge is 0.257 e. The number of benzene rings is 4. The van der Waals surface area contributed by atoms with Crippen molar-refractivity contribution in [1.29, 1.82) is 0 Å². The van der Waals surface area contributed by atoms with Gasteiger partial charge < -0.3 is 28.7 Å². The maximum atomic E-state index is 13.9. The average molecular weight is 770 g/mol. The zero-order chi connectivity index (χ0) is 38.9. The molecule has 11 nitrogen and oxygen atoms in total. The Labute approximate surface area is 330 Å². The second kappa shape index (κ2) is 15.5. The highest BCUT2D eigenvalue weighted by Crippen LogP contribution is 2.40. The lowest BCUT2D eigenvalue weighted by atomic mass is 9.94. The van der Waals surface area contributed by atoms with Crippen molar-refractivity contribution in [3.63, 3.8) is 0 Å². The molecule has 4 aromatic carbocycles. The first-order valence-corrected chi connectivity index (χ1v) is 18.7. The molecule has 3 aliphatic rings. The molecule has 0 aliphatic carbocycles. The van der Waals surface area contributed by atoms with Crippen LogP contribution in [0, 0.1) is 0 Å². The molecule has 4 heterocycles. The van der Waals surface area contributed by atoms with Crippen LogP contribution in [0.5, 0.6) is 23.0 Å². The molecule has 2 atom stereocenters. The highest BCUT2D eigenvalue weighted by Gasteiger charge is 2.34. The van der Waals surface area contributed by atoms with Crippen molar-refractivity contribution in [3.05, 3.63) is 135 Å². The van der Waals surface area contributed by atoms with Crippen LogP contribution >= 0.6 is 11.6 Å². The molecule has 0 spiro atoms. The molecule has 0 saturated heterocycles. The molecule has 0 unspecified atom stereocenters. The maximum absolute atomic E-state index is 13.9. The number of amides is 2. The molecular weight excluding hydrogens is 730 g/mol. The van der Waals surface area contributed by atoms with Crippen molar-refractivity contribution in [1.82, 2.24) is 14.8 Å². The van der Waals surface area contributed by atoms with Gasteiger partial charge in [0.05, 0.1) is 54.2 Å². The molecule has 2 amide bonds. The van der Waals surface area contributed by atoms with Gasteiger partial charge in [0.25, 0.3) is 11.8 Å². The highest BCUT2D eigenvalue weighted by molar-refractivity contribution is 6.30. The summed E-state index contributed by atoms with van der Waals surface area (Å²) >= 11 is 6.55. The lowest BCUT2D eigenvalue weighted by Gasteiger charge is -2.35. The second-order valence-electron chi connectivity index (χ2n) is 14.1. The lowest BCUT2D eigenvalue weighted by Crippen LogP contribution is -2.44. The Bertz CT molecular complexity index is 2400. The van der Waals surface area contributed by atoms with E-state index in [0.29, 0.717) is 81.4 Å². The van der Waals surface area contributed by atoms with E-state index in [2.05, 4.69) is 36.0 Å². The Morgan fingerprint density at radius 2 is 1.43 bits per heavy atom. The van der Waals surface area contributed by atoms with Gasteiger partial charge in [0.1, 0.15) is 13.2 Å². The van der Waals surface area contributed by atoms with Crippen LogP contribution in [0.1, 0.15) is 61.3 Å². The van der Waals surface area contributed by atoms with Gasteiger partial charge in [0.2, 0.25) is 0 Å². The zero-order valence-electron chi connectivity index (χ0n) is 31.3. The molecule has 3 aliphatic heterocycles. The van der Waals surface area contributed by atoms with Crippen LogP contribution in [0.4, 0.5) is 11.4 Å². The fraction of sp³-hybridized carbons (Fsp3) is 0.250. The Balaban J connectivity index is 0.973. The highest BCUT2D eigenvalue weighted by atomic mass is 35.5.